The number of para-hydroxylation sites is 1. The minimum absolute atomic E-state index is 0.0706. The summed E-state index contributed by atoms with van der Waals surface area (Å²) < 4.78 is 7.11. The van der Waals surface area contributed by atoms with Crippen LogP contribution >= 0.6 is 0 Å². The lowest BCUT2D eigenvalue weighted by Gasteiger charge is -2.34. The van der Waals surface area contributed by atoms with Gasteiger partial charge in [0.15, 0.2) is 0 Å². The number of morpholine rings is 1. The second kappa shape index (κ2) is 13.0. The van der Waals surface area contributed by atoms with E-state index in [4.69, 9.17) is 4.74 Å². The number of nitrogens with zero attached hydrogens (tertiary/aromatic N) is 5. The summed E-state index contributed by atoms with van der Waals surface area (Å²) in [6.07, 6.45) is 1.01. The third kappa shape index (κ3) is 7.05. The van der Waals surface area contributed by atoms with Crippen molar-refractivity contribution in [3.63, 3.8) is 0 Å². The summed E-state index contributed by atoms with van der Waals surface area (Å²) in [7, 11) is 0. The molecule has 5 rings (SSSR count). The number of rotatable bonds is 9. The Morgan fingerprint density at radius 1 is 0.953 bits per heavy atom. The maximum Gasteiger partial charge on any atom is 0.249 e. The van der Waals surface area contributed by atoms with Gasteiger partial charge in [-0.15, -0.1) is 5.10 Å². The number of benzene rings is 3. The molecule has 3 aromatic carbocycles. The van der Waals surface area contributed by atoms with Gasteiger partial charge in [0.2, 0.25) is 11.8 Å². The lowest BCUT2D eigenvalue weighted by atomic mass is 9.97. The molecule has 2 amide bonds. The van der Waals surface area contributed by atoms with Crippen LogP contribution in [0.4, 0.5) is 11.4 Å². The molecular weight excluding hydrogens is 540 g/mol. The molecule has 1 aliphatic heterocycles. The van der Waals surface area contributed by atoms with Crippen molar-refractivity contribution in [2.24, 2.45) is 0 Å². The summed E-state index contributed by atoms with van der Waals surface area (Å²) in [5, 5.41) is 11.6. The Hall–Kier alpha value is -4.24. The van der Waals surface area contributed by atoms with Crippen LogP contribution in [0.3, 0.4) is 0 Å². The minimum Gasteiger partial charge on any atom is -0.378 e. The van der Waals surface area contributed by atoms with Crippen molar-refractivity contribution in [1.29, 1.82) is 0 Å². The van der Waals surface area contributed by atoms with Crippen LogP contribution < -0.4 is 15.1 Å². The van der Waals surface area contributed by atoms with Gasteiger partial charge < -0.3 is 15.0 Å². The van der Waals surface area contributed by atoms with Gasteiger partial charge in [-0.2, -0.15) is 0 Å². The number of aromatic nitrogens is 3. The van der Waals surface area contributed by atoms with Gasteiger partial charge in [-0.1, -0.05) is 55.5 Å². The molecular formula is C34H42N6O3. The third-order valence-electron chi connectivity index (χ3n) is 7.92. The van der Waals surface area contributed by atoms with Crippen molar-refractivity contribution in [3.8, 4) is 0 Å². The summed E-state index contributed by atoms with van der Waals surface area (Å²) >= 11 is 0. The quantitative estimate of drug-likeness (QED) is 0.281. The number of carbonyl (C=O) groups excluding carboxylic acids is 2. The van der Waals surface area contributed by atoms with Gasteiger partial charge in [-0.05, 0) is 80.6 Å². The van der Waals surface area contributed by atoms with Gasteiger partial charge in [-0.3, -0.25) is 14.5 Å². The van der Waals surface area contributed by atoms with Crippen molar-refractivity contribution in [2.45, 2.75) is 65.1 Å². The van der Waals surface area contributed by atoms with Crippen LogP contribution in [0.25, 0.3) is 11.0 Å². The largest absolute Gasteiger partial charge is 0.378 e. The van der Waals surface area contributed by atoms with Crippen molar-refractivity contribution in [2.75, 3.05) is 36.1 Å². The Morgan fingerprint density at radius 2 is 1.60 bits per heavy atom. The second-order valence-electron chi connectivity index (χ2n) is 12.2. The van der Waals surface area contributed by atoms with E-state index in [0.717, 1.165) is 36.3 Å². The molecule has 9 nitrogen and oxygen atoms in total. The van der Waals surface area contributed by atoms with Crippen LogP contribution in [0.5, 0.6) is 0 Å². The number of ether oxygens (including phenoxy) is 1. The predicted molar refractivity (Wildman–Crippen MR) is 170 cm³/mol. The summed E-state index contributed by atoms with van der Waals surface area (Å²) in [5.74, 6) is -0.139. The van der Waals surface area contributed by atoms with E-state index in [1.807, 2.05) is 81.4 Å². The number of fused-ring (bicyclic) bond motifs is 1. The highest BCUT2D eigenvalue weighted by atomic mass is 16.5. The van der Waals surface area contributed by atoms with Crippen molar-refractivity contribution in [1.82, 2.24) is 20.3 Å². The zero-order chi connectivity index (χ0) is 30.6. The first kappa shape index (κ1) is 30.2. The van der Waals surface area contributed by atoms with Crippen LogP contribution in [0.1, 0.15) is 64.1 Å². The van der Waals surface area contributed by atoms with E-state index >= 15 is 0 Å². The van der Waals surface area contributed by atoms with Crippen molar-refractivity contribution in [3.05, 3.63) is 83.9 Å². The molecule has 1 aliphatic rings. The first-order chi connectivity index (χ1) is 20.6. The molecule has 226 valence electrons. The Bertz CT molecular complexity index is 1540. The molecule has 1 N–H and O–H groups in total. The maximum atomic E-state index is 14.4. The zero-order valence-corrected chi connectivity index (χ0v) is 25.8. The van der Waals surface area contributed by atoms with Crippen LogP contribution in [0.2, 0.25) is 0 Å². The van der Waals surface area contributed by atoms with Crippen molar-refractivity contribution >= 4 is 34.2 Å². The van der Waals surface area contributed by atoms with Gasteiger partial charge in [0.25, 0.3) is 0 Å². The average molecular weight is 583 g/mol. The van der Waals surface area contributed by atoms with Crippen molar-refractivity contribution < 1.29 is 14.3 Å². The van der Waals surface area contributed by atoms with Gasteiger partial charge in [0.05, 0.1) is 18.7 Å². The number of amides is 2. The topological polar surface area (TPSA) is 92.6 Å². The third-order valence-corrected chi connectivity index (χ3v) is 7.92. The van der Waals surface area contributed by atoms with Gasteiger partial charge in [0, 0.05) is 30.0 Å². The number of hydrogen-bond donors (Lipinski definition) is 1. The second-order valence-corrected chi connectivity index (χ2v) is 12.2. The van der Waals surface area contributed by atoms with E-state index in [9.17, 15) is 9.59 Å². The molecule has 0 bridgehead atoms. The van der Waals surface area contributed by atoms with Crippen LogP contribution in [0, 0.1) is 0 Å². The Kier molecular flexibility index (Phi) is 9.11. The molecule has 0 saturated carbocycles. The number of carbonyl (C=O) groups is 2. The molecule has 0 unspecified atom stereocenters. The van der Waals surface area contributed by atoms with Crippen LogP contribution in [-0.4, -0.2) is 58.7 Å². The SMILES string of the molecule is CC[C@H](C)c1ccc(N(C(=O)Cn2nnc3ccccc32)[C@@H](C(=O)NC(C)(C)C)c2ccc(N3CCOCC3)cc2)cc1. The molecule has 2 atom stereocenters. The lowest BCUT2D eigenvalue weighted by Crippen LogP contribution is -2.50. The molecule has 1 saturated heterocycles. The number of anilines is 2. The summed E-state index contributed by atoms with van der Waals surface area (Å²) in [6.45, 7) is 13.1. The van der Waals surface area contributed by atoms with Gasteiger partial charge >= 0.3 is 0 Å². The summed E-state index contributed by atoms with van der Waals surface area (Å²) in [4.78, 5) is 32.4. The van der Waals surface area contributed by atoms with E-state index in [2.05, 4.69) is 46.5 Å². The molecule has 1 aromatic heterocycles. The van der Waals surface area contributed by atoms with E-state index < -0.39 is 11.6 Å². The first-order valence-corrected chi connectivity index (χ1v) is 15.1. The molecule has 0 radical (unpaired) electrons. The van der Waals surface area contributed by atoms with E-state index in [-0.39, 0.29) is 18.4 Å². The monoisotopic (exact) mass is 582 g/mol. The molecule has 2 heterocycles. The van der Waals surface area contributed by atoms with Crippen LogP contribution in [-0.2, 0) is 20.9 Å². The van der Waals surface area contributed by atoms with Gasteiger partial charge in [0.1, 0.15) is 18.1 Å². The van der Waals surface area contributed by atoms with E-state index in [1.165, 1.54) is 5.56 Å². The van der Waals surface area contributed by atoms with Crippen LogP contribution in [0.15, 0.2) is 72.8 Å². The molecule has 0 spiro atoms. The normalized spacial score (nSPS) is 15.2. The highest BCUT2D eigenvalue weighted by Gasteiger charge is 2.35. The molecule has 4 aromatic rings. The molecule has 1 fully saturated rings. The first-order valence-electron chi connectivity index (χ1n) is 15.1. The maximum absolute atomic E-state index is 14.4. The standard InChI is InChI=1S/C34H42N6O3/c1-6-24(2)25-11-17-28(18-12-25)40(31(41)23-39-30-10-8-7-9-29(30)36-37-39)32(33(42)35-34(3,4)5)26-13-15-27(16-14-26)38-19-21-43-22-20-38/h7-18,24,32H,6,19-23H2,1-5H3,(H,35,42)/t24-,32+/m0/s1. The Labute approximate surface area is 253 Å². The smallest absolute Gasteiger partial charge is 0.249 e. The molecule has 9 heteroatoms. The highest BCUT2D eigenvalue weighted by molar-refractivity contribution is 6.01. The Morgan fingerprint density at radius 3 is 2.26 bits per heavy atom. The summed E-state index contributed by atoms with van der Waals surface area (Å²) in [5.41, 5.74) is 4.59. The fourth-order valence-corrected chi connectivity index (χ4v) is 5.42. The zero-order valence-electron chi connectivity index (χ0n) is 25.8. The molecule has 0 aliphatic carbocycles. The summed E-state index contributed by atoms with van der Waals surface area (Å²) in [6, 6.07) is 22.6. The number of hydrogen-bond acceptors (Lipinski definition) is 6. The van der Waals surface area contributed by atoms with E-state index in [0.29, 0.717) is 30.3 Å². The predicted octanol–water partition coefficient (Wildman–Crippen LogP) is 5.47. The van der Waals surface area contributed by atoms with Gasteiger partial charge in [-0.25, -0.2) is 4.68 Å². The highest BCUT2D eigenvalue weighted by Crippen LogP contribution is 2.32. The average Bonchev–Trinajstić information content (AvgIpc) is 3.41. The minimum atomic E-state index is -0.908. The fraction of sp³-hybridized carbons (Fsp3) is 0.412. The van der Waals surface area contributed by atoms with E-state index in [1.54, 1.807) is 9.58 Å². The molecule has 43 heavy (non-hydrogen) atoms. The Balaban J connectivity index is 1.57. The fourth-order valence-electron chi connectivity index (χ4n) is 5.42. The number of nitrogens with one attached hydrogen (secondary N) is 1. The lowest BCUT2D eigenvalue weighted by molar-refractivity contribution is -0.128.